The molecule has 1 heterocycles. The number of carboxylic acids is 1. The first-order valence-electron chi connectivity index (χ1n) is 5.39. The van der Waals surface area contributed by atoms with Crippen molar-refractivity contribution in [2.75, 3.05) is 5.73 Å². The Labute approximate surface area is 114 Å². The summed E-state index contributed by atoms with van der Waals surface area (Å²) in [5, 5.41) is 9.31. The first-order valence-corrected chi connectivity index (χ1v) is 5.77. The van der Waals surface area contributed by atoms with E-state index in [2.05, 4.69) is 0 Å². The smallest absolute Gasteiger partial charge is 0.352 e. The summed E-state index contributed by atoms with van der Waals surface area (Å²) in [6.45, 7) is 0. The number of aromatic nitrogens is 1. The molecule has 2 aromatic rings. The predicted octanol–water partition coefficient (Wildman–Crippen LogP) is 2.19. The van der Waals surface area contributed by atoms with Crippen LogP contribution in [0.25, 0.3) is 0 Å². The highest BCUT2D eigenvalue weighted by atomic mass is 35.5. The number of hydrogen-bond donors (Lipinski definition) is 2. The quantitative estimate of drug-likeness (QED) is 0.666. The minimum atomic E-state index is -1.09. The molecule has 3 N–H and O–H groups in total. The predicted molar refractivity (Wildman–Crippen MR) is 71.7 cm³/mol. The lowest BCUT2D eigenvalue weighted by atomic mass is 10.1. The summed E-state index contributed by atoms with van der Waals surface area (Å²) in [7, 11) is 1.57. The summed E-state index contributed by atoms with van der Waals surface area (Å²) in [5.74, 6) is -1.39. The van der Waals surface area contributed by atoms with Crippen molar-refractivity contribution >= 4 is 29.0 Å². The van der Waals surface area contributed by atoms with E-state index in [1.807, 2.05) is 0 Å². The lowest BCUT2D eigenvalue weighted by Crippen LogP contribution is -2.02. The number of nitrogen functional groups attached to an aromatic ring is 1. The summed E-state index contributed by atoms with van der Waals surface area (Å²) in [6.07, 6.45) is 1.47. The first-order chi connectivity index (χ1) is 8.90. The average molecular weight is 279 g/mol. The number of rotatable bonds is 3. The Hall–Kier alpha value is -2.27. The van der Waals surface area contributed by atoms with Gasteiger partial charge >= 0.3 is 5.97 Å². The van der Waals surface area contributed by atoms with Crippen LogP contribution in [0, 0.1) is 0 Å². The van der Waals surface area contributed by atoms with Crippen LogP contribution in [0.1, 0.15) is 26.4 Å². The minimum Gasteiger partial charge on any atom is -0.477 e. The van der Waals surface area contributed by atoms with Gasteiger partial charge in [0.2, 0.25) is 0 Å². The number of benzene rings is 1. The molecule has 98 valence electrons. The van der Waals surface area contributed by atoms with Gasteiger partial charge in [0.1, 0.15) is 5.69 Å². The highest BCUT2D eigenvalue weighted by Gasteiger charge is 2.16. The molecule has 5 nitrogen and oxygen atoms in total. The van der Waals surface area contributed by atoms with Gasteiger partial charge in [-0.15, -0.1) is 0 Å². The molecule has 0 amide bonds. The summed E-state index contributed by atoms with van der Waals surface area (Å²) < 4.78 is 1.38. The van der Waals surface area contributed by atoms with Crippen LogP contribution in [-0.4, -0.2) is 21.4 Å². The number of hydrogen-bond acceptors (Lipinski definition) is 3. The number of nitrogens with zero attached hydrogens (tertiary/aromatic N) is 1. The Morgan fingerprint density at radius 2 is 1.95 bits per heavy atom. The van der Waals surface area contributed by atoms with E-state index in [9.17, 15) is 9.59 Å². The third-order valence-electron chi connectivity index (χ3n) is 2.74. The molecular formula is C13H11ClN2O3. The normalized spacial score (nSPS) is 10.4. The maximum atomic E-state index is 12.2. The number of ketones is 1. The number of anilines is 1. The summed E-state index contributed by atoms with van der Waals surface area (Å²) in [6, 6.07) is 5.88. The first kappa shape index (κ1) is 13.2. The van der Waals surface area contributed by atoms with Crippen molar-refractivity contribution in [3.8, 4) is 0 Å². The van der Waals surface area contributed by atoms with Gasteiger partial charge in [-0.25, -0.2) is 4.79 Å². The number of carbonyl (C=O) groups is 2. The van der Waals surface area contributed by atoms with Gasteiger partial charge in [-0.2, -0.15) is 0 Å². The number of aryl methyl sites for hydroxylation is 1. The van der Waals surface area contributed by atoms with Crippen molar-refractivity contribution < 1.29 is 14.7 Å². The van der Waals surface area contributed by atoms with Crippen molar-refractivity contribution in [3.05, 3.63) is 52.3 Å². The summed E-state index contributed by atoms with van der Waals surface area (Å²) in [5.41, 5.74) is 6.65. The molecule has 0 saturated carbocycles. The molecular weight excluding hydrogens is 268 g/mol. The van der Waals surface area contributed by atoms with Gasteiger partial charge in [-0.3, -0.25) is 4.79 Å². The number of halogens is 1. The van der Waals surface area contributed by atoms with Crippen LogP contribution in [0.4, 0.5) is 5.69 Å². The van der Waals surface area contributed by atoms with E-state index in [-0.39, 0.29) is 11.5 Å². The van der Waals surface area contributed by atoms with Crippen molar-refractivity contribution in [3.63, 3.8) is 0 Å². The molecule has 1 aromatic carbocycles. The number of aromatic carboxylic acids is 1. The number of nitrogens with two attached hydrogens (primary N) is 1. The Kier molecular flexibility index (Phi) is 3.31. The second-order valence-electron chi connectivity index (χ2n) is 4.10. The zero-order chi connectivity index (χ0) is 14.2. The molecule has 0 fully saturated rings. The van der Waals surface area contributed by atoms with E-state index in [4.69, 9.17) is 22.4 Å². The minimum absolute atomic E-state index is 0.0466. The van der Waals surface area contributed by atoms with Crippen LogP contribution >= 0.6 is 11.6 Å². The van der Waals surface area contributed by atoms with Crippen LogP contribution in [-0.2, 0) is 7.05 Å². The van der Waals surface area contributed by atoms with E-state index >= 15 is 0 Å². The monoisotopic (exact) mass is 278 g/mol. The van der Waals surface area contributed by atoms with E-state index in [1.165, 1.54) is 29.0 Å². The molecule has 0 radical (unpaired) electrons. The largest absolute Gasteiger partial charge is 0.477 e. The molecule has 0 saturated heterocycles. The number of carbonyl (C=O) groups excluding carboxylic acids is 1. The van der Waals surface area contributed by atoms with Crippen LogP contribution in [0.3, 0.4) is 0 Å². The molecule has 2 rings (SSSR count). The lowest BCUT2D eigenvalue weighted by Gasteiger charge is -2.01. The Bertz CT molecular complexity index is 677. The molecule has 1 aromatic heterocycles. The second kappa shape index (κ2) is 4.78. The van der Waals surface area contributed by atoms with E-state index in [0.29, 0.717) is 21.8 Å². The van der Waals surface area contributed by atoms with Crippen LogP contribution in [0.5, 0.6) is 0 Å². The molecule has 0 aliphatic heterocycles. The third kappa shape index (κ3) is 2.46. The second-order valence-corrected chi connectivity index (χ2v) is 4.50. The molecule has 0 unspecified atom stereocenters. The third-order valence-corrected chi connectivity index (χ3v) is 3.09. The molecule has 0 spiro atoms. The van der Waals surface area contributed by atoms with Gasteiger partial charge in [0, 0.05) is 24.4 Å². The Morgan fingerprint density at radius 3 is 2.47 bits per heavy atom. The SMILES string of the molecule is Cn1cc(C(=O)c2ccc(Cl)c(N)c2)cc1C(=O)O. The standard InChI is InChI=1S/C13H11ClN2O3/c1-16-6-8(5-11(16)13(18)19)12(17)7-2-3-9(14)10(15)4-7/h2-6H,15H2,1H3,(H,18,19). The zero-order valence-electron chi connectivity index (χ0n) is 10.1. The molecule has 0 aliphatic rings. The van der Waals surface area contributed by atoms with Gasteiger partial charge in [-0.05, 0) is 24.3 Å². The van der Waals surface area contributed by atoms with Gasteiger partial charge in [0.15, 0.2) is 5.78 Å². The fourth-order valence-electron chi connectivity index (χ4n) is 1.75. The van der Waals surface area contributed by atoms with Crippen LogP contribution in [0.2, 0.25) is 5.02 Å². The van der Waals surface area contributed by atoms with Gasteiger partial charge in [-0.1, -0.05) is 11.6 Å². The molecule has 19 heavy (non-hydrogen) atoms. The maximum absolute atomic E-state index is 12.2. The maximum Gasteiger partial charge on any atom is 0.352 e. The summed E-state index contributed by atoms with van der Waals surface area (Å²) >= 11 is 5.78. The molecule has 0 bridgehead atoms. The van der Waals surface area contributed by atoms with E-state index in [1.54, 1.807) is 13.1 Å². The lowest BCUT2D eigenvalue weighted by molar-refractivity contribution is 0.0686. The van der Waals surface area contributed by atoms with Gasteiger partial charge in [0.05, 0.1) is 10.7 Å². The highest BCUT2D eigenvalue weighted by molar-refractivity contribution is 6.33. The van der Waals surface area contributed by atoms with Gasteiger partial charge in [0.25, 0.3) is 0 Å². The van der Waals surface area contributed by atoms with Crippen molar-refractivity contribution in [1.82, 2.24) is 4.57 Å². The van der Waals surface area contributed by atoms with Crippen molar-refractivity contribution in [2.24, 2.45) is 7.05 Å². The average Bonchev–Trinajstić information content (AvgIpc) is 2.74. The molecule has 0 atom stereocenters. The van der Waals surface area contributed by atoms with Crippen LogP contribution < -0.4 is 5.73 Å². The summed E-state index contributed by atoms with van der Waals surface area (Å²) in [4.78, 5) is 23.1. The van der Waals surface area contributed by atoms with Crippen molar-refractivity contribution in [1.29, 1.82) is 0 Å². The van der Waals surface area contributed by atoms with Crippen LogP contribution in [0.15, 0.2) is 30.5 Å². The fraction of sp³-hybridized carbons (Fsp3) is 0.0769. The topological polar surface area (TPSA) is 85.3 Å². The Morgan fingerprint density at radius 1 is 1.26 bits per heavy atom. The molecule has 0 aliphatic carbocycles. The van der Waals surface area contributed by atoms with Crippen molar-refractivity contribution in [2.45, 2.75) is 0 Å². The Balaban J connectivity index is 2.41. The highest BCUT2D eigenvalue weighted by Crippen LogP contribution is 2.22. The zero-order valence-corrected chi connectivity index (χ0v) is 10.8. The van der Waals surface area contributed by atoms with Gasteiger partial charge < -0.3 is 15.4 Å². The van der Waals surface area contributed by atoms with E-state index in [0.717, 1.165) is 0 Å². The van der Waals surface area contributed by atoms with E-state index < -0.39 is 5.97 Å². The number of carboxylic acid groups (broad SMARTS) is 1. The molecule has 6 heteroatoms. The fourth-order valence-corrected chi connectivity index (χ4v) is 1.87.